The number of rotatable bonds is 4. The molecule has 0 radical (unpaired) electrons. The van der Waals surface area contributed by atoms with Gasteiger partial charge in [-0.05, 0) is 36.5 Å². The molecule has 0 spiro atoms. The second-order valence-corrected chi connectivity index (χ2v) is 7.27. The SMILES string of the molecule is COc1ncc(NC(=O)C(=O)N2CC(C)CCC2c2ccc(N)nc2)cc1C(N)=O. The summed E-state index contributed by atoms with van der Waals surface area (Å²) in [5.41, 5.74) is 12.0. The number of nitrogens with two attached hydrogens (primary N) is 2. The van der Waals surface area contributed by atoms with Crippen molar-refractivity contribution in [3.05, 3.63) is 41.7 Å². The largest absolute Gasteiger partial charge is 0.480 e. The molecule has 2 atom stereocenters. The van der Waals surface area contributed by atoms with E-state index < -0.39 is 17.7 Å². The second-order valence-electron chi connectivity index (χ2n) is 7.27. The van der Waals surface area contributed by atoms with Crippen molar-refractivity contribution >= 4 is 29.2 Å². The Labute approximate surface area is 173 Å². The molecule has 0 bridgehead atoms. The van der Waals surface area contributed by atoms with Crippen molar-refractivity contribution in [2.45, 2.75) is 25.8 Å². The van der Waals surface area contributed by atoms with E-state index in [9.17, 15) is 14.4 Å². The lowest BCUT2D eigenvalue weighted by molar-refractivity contribution is -0.146. The third-order valence-corrected chi connectivity index (χ3v) is 5.03. The third kappa shape index (κ3) is 4.48. The Kier molecular flexibility index (Phi) is 6.14. The van der Waals surface area contributed by atoms with Crippen LogP contribution in [0.3, 0.4) is 0 Å². The minimum absolute atomic E-state index is 0.000156. The van der Waals surface area contributed by atoms with Gasteiger partial charge in [-0.15, -0.1) is 0 Å². The Bertz CT molecular complexity index is 962. The van der Waals surface area contributed by atoms with Crippen molar-refractivity contribution in [2.75, 3.05) is 24.7 Å². The van der Waals surface area contributed by atoms with Gasteiger partial charge in [0.25, 0.3) is 5.91 Å². The number of nitrogens with one attached hydrogen (secondary N) is 1. The van der Waals surface area contributed by atoms with Crippen LogP contribution < -0.4 is 21.5 Å². The first-order valence-corrected chi connectivity index (χ1v) is 9.47. The lowest BCUT2D eigenvalue weighted by Gasteiger charge is -2.38. The van der Waals surface area contributed by atoms with Crippen molar-refractivity contribution in [1.29, 1.82) is 0 Å². The number of carbonyl (C=O) groups excluding carboxylic acids is 3. The van der Waals surface area contributed by atoms with Crippen LogP contribution in [0, 0.1) is 5.92 Å². The zero-order valence-corrected chi connectivity index (χ0v) is 16.8. The Hall–Kier alpha value is -3.69. The topological polar surface area (TPSA) is 154 Å². The summed E-state index contributed by atoms with van der Waals surface area (Å²) in [6.45, 7) is 2.47. The van der Waals surface area contributed by atoms with Gasteiger partial charge in [-0.25, -0.2) is 9.97 Å². The number of primary amides is 1. The maximum Gasteiger partial charge on any atom is 0.313 e. The van der Waals surface area contributed by atoms with Crippen LogP contribution >= 0.6 is 0 Å². The normalized spacial score (nSPS) is 18.5. The molecule has 2 aromatic rings. The summed E-state index contributed by atoms with van der Waals surface area (Å²) in [6, 6.07) is 4.53. The fraction of sp³-hybridized carbons (Fsp3) is 0.350. The van der Waals surface area contributed by atoms with E-state index in [2.05, 4.69) is 15.3 Å². The summed E-state index contributed by atoms with van der Waals surface area (Å²) < 4.78 is 4.98. The predicted molar refractivity (Wildman–Crippen MR) is 109 cm³/mol. The van der Waals surface area contributed by atoms with Crippen LogP contribution in [-0.2, 0) is 9.59 Å². The molecule has 1 aliphatic rings. The molecule has 3 amide bonds. The number of nitrogen functional groups attached to an aromatic ring is 1. The summed E-state index contributed by atoms with van der Waals surface area (Å²) in [6.07, 6.45) is 4.55. The van der Waals surface area contributed by atoms with Gasteiger partial charge in [0, 0.05) is 12.7 Å². The number of pyridine rings is 2. The Balaban J connectivity index is 1.80. The molecule has 158 valence electrons. The number of likely N-dealkylation sites (tertiary alicyclic amines) is 1. The van der Waals surface area contributed by atoms with E-state index in [1.165, 1.54) is 19.4 Å². The van der Waals surface area contributed by atoms with Crippen LogP contribution in [-0.4, -0.2) is 46.2 Å². The van der Waals surface area contributed by atoms with E-state index in [1.54, 1.807) is 17.2 Å². The summed E-state index contributed by atoms with van der Waals surface area (Å²) in [4.78, 5) is 46.8. The maximum atomic E-state index is 13.0. The molecular weight excluding hydrogens is 388 g/mol. The van der Waals surface area contributed by atoms with Gasteiger partial charge in [0.1, 0.15) is 11.4 Å². The number of anilines is 2. The van der Waals surface area contributed by atoms with E-state index >= 15 is 0 Å². The van der Waals surface area contributed by atoms with E-state index in [0.717, 1.165) is 12.0 Å². The summed E-state index contributed by atoms with van der Waals surface area (Å²) in [5.74, 6) is -1.60. The van der Waals surface area contributed by atoms with Gasteiger partial charge in [0.2, 0.25) is 5.88 Å². The molecule has 0 saturated carbocycles. The molecule has 30 heavy (non-hydrogen) atoms. The first-order chi connectivity index (χ1) is 14.3. The molecule has 1 saturated heterocycles. The van der Waals surface area contributed by atoms with Gasteiger partial charge in [-0.1, -0.05) is 13.0 Å². The van der Waals surface area contributed by atoms with Crippen LogP contribution in [0.15, 0.2) is 30.6 Å². The number of amides is 3. The first-order valence-electron chi connectivity index (χ1n) is 9.47. The van der Waals surface area contributed by atoms with Crippen LogP contribution in [0.5, 0.6) is 5.88 Å². The van der Waals surface area contributed by atoms with Gasteiger partial charge in [-0.3, -0.25) is 14.4 Å². The molecule has 2 aromatic heterocycles. The van der Waals surface area contributed by atoms with Crippen molar-refractivity contribution in [3.63, 3.8) is 0 Å². The molecule has 2 unspecified atom stereocenters. The number of hydrogen-bond donors (Lipinski definition) is 3. The lowest BCUT2D eigenvalue weighted by Crippen LogP contribution is -2.46. The zero-order valence-electron chi connectivity index (χ0n) is 16.8. The van der Waals surface area contributed by atoms with Gasteiger partial charge in [-0.2, -0.15) is 0 Å². The second kappa shape index (κ2) is 8.76. The molecule has 5 N–H and O–H groups in total. The van der Waals surface area contributed by atoms with E-state index in [1.807, 2.05) is 13.0 Å². The number of hydrogen-bond acceptors (Lipinski definition) is 7. The maximum absolute atomic E-state index is 13.0. The minimum Gasteiger partial charge on any atom is -0.480 e. The van der Waals surface area contributed by atoms with Crippen LogP contribution in [0.2, 0.25) is 0 Å². The quantitative estimate of drug-likeness (QED) is 0.636. The molecule has 3 rings (SSSR count). The number of methoxy groups -OCH3 is 1. The lowest BCUT2D eigenvalue weighted by atomic mass is 9.90. The third-order valence-electron chi connectivity index (χ3n) is 5.03. The number of nitrogens with zero attached hydrogens (tertiary/aromatic N) is 3. The number of aromatic nitrogens is 2. The average molecular weight is 412 g/mol. The first kappa shape index (κ1) is 21.0. The summed E-state index contributed by atoms with van der Waals surface area (Å²) in [7, 11) is 1.35. The van der Waals surface area contributed by atoms with Crippen LogP contribution in [0.1, 0.15) is 41.7 Å². The van der Waals surface area contributed by atoms with Gasteiger partial charge >= 0.3 is 11.8 Å². The predicted octanol–water partition coefficient (Wildman–Crippen LogP) is 1.10. The summed E-state index contributed by atoms with van der Waals surface area (Å²) >= 11 is 0. The van der Waals surface area contributed by atoms with Crippen molar-refractivity contribution < 1.29 is 19.1 Å². The highest BCUT2D eigenvalue weighted by atomic mass is 16.5. The number of piperidine rings is 1. The molecule has 10 heteroatoms. The fourth-order valence-electron chi connectivity index (χ4n) is 3.51. The smallest absolute Gasteiger partial charge is 0.313 e. The molecule has 1 aliphatic heterocycles. The number of carbonyl (C=O) groups is 3. The minimum atomic E-state index is -0.833. The highest BCUT2D eigenvalue weighted by Crippen LogP contribution is 2.33. The number of ether oxygens (including phenoxy) is 1. The Morgan fingerprint density at radius 2 is 1.97 bits per heavy atom. The fourth-order valence-corrected chi connectivity index (χ4v) is 3.51. The molecular formula is C20H24N6O4. The van der Waals surface area contributed by atoms with Crippen molar-refractivity contribution in [2.24, 2.45) is 11.7 Å². The molecule has 10 nitrogen and oxygen atoms in total. The summed E-state index contributed by atoms with van der Waals surface area (Å²) in [5, 5.41) is 2.49. The molecule has 0 aliphatic carbocycles. The van der Waals surface area contributed by atoms with Gasteiger partial charge in [0.05, 0.1) is 25.0 Å². The van der Waals surface area contributed by atoms with Crippen molar-refractivity contribution in [1.82, 2.24) is 14.9 Å². The Morgan fingerprint density at radius 3 is 2.60 bits per heavy atom. The highest BCUT2D eigenvalue weighted by Gasteiger charge is 2.34. The van der Waals surface area contributed by atoms with Gasteiger partial charge in [0.15, 0.2) is 0 Å². The van der Waals surface area contributed by atoms with E-state index in [0.29, 0.717) is 18.8 Å². The molecule has 1 fully saturated rings. The highest BCUT2D eigenvalue weighted by molar-refractivity contribution is 6.39. The molecule has 3 heterocycles. The Morgan fingerprint density at radius 1 is 1.20 bits per heavy atom. The van der Waals surface area contributed by atoms with Gasteiger partial charge < -0.3 is 26.4 Å². The van der Waals surface area contributed by atoms with E-state index in [-0.39, 0.29) is 29.1 Å². The molecule has 0 aromatic carbocycles. The monoisotopic (exact) mass is 412 g/mol. The van der Waals surface area contributed by atoms with Crippen LogP contribution in [0.4, 0.5) is 11.5 Å². The average Bonchev–Trinajstić information content (AvgIpc) is 2.73. The zero-order chi connectivity index (χ0) is 21.8. The van der Waals surface area contributed by atoms with Crippen LogP contribution in [0.25, 0.3) is 0 Å². The van der Waals surface area contributed by atoms with Crippen molar-refractivity contribution in [3.8, 4) is 5.88 Å². The van der Waals surface area contributed by atoms with E-state index in [4.69, 9.17) is 16.2 Å². The standard InChI is InChI=1S/C20H24N6O4/c1-11-3-5-15(12-4-6-16(21)23-8-12)26(10-11)20(29)18(28)25-13-7-14(17(22)27)19(30-2)24-9-13/h4,6-9,11,15H,3,5,10H2,1-2H3,(H2,21,23)(H2,22,27)(H,25,28).